The van der Waals surface area contributed by atoms with Crippen LogP contribution in [-0.4, -0.2) is 18.1 Å². The molecular weight excluding hydrogens is 314 g/mol. The van der Waals surface area contributed by atoms with Gasteiger partial charge in [-0.1, -0.05) is 12.1 Å². The number of rotatable bonds is 4. The molecule has 24 heavy (non-hydrogen) atoms. The van der Waals surface area contributed by atoms with Gasteiger partial charge in [0.15, 0.2) is 5.82 Å². The van der Waals surface area contributed by atoms with Gasteiger partial charge in [0.2, 0.25) is 0 Å². The van der Waals surface area contributed by atoms with Gasteiger partial charge in [0.05, 0.1) is 12.7 Å². The van der Waals surface area contributed by atoms with Crippen LogP contribution in [0.4, 0.5) is 14.5 Å². The third-order valence-electron chi connectivity index (χ3n) is 3.59. The number of hydrogen-bond acceptors (Lipinski definition) is 4. The number of pyridine rings is 1. The Labute approximate surface area is 137 Å². The quantitative estimate of drug-likeness (QED) is 0.738. The number of carbonyl (C=O) groups is 1. The van der Waals surface area contributed by atoms with Crippen molar-refractivity contribution >= 4 is 22.6 Å². The van der Waals surface area contributed by atoms with Crippen LogP contribution >= 0.6 is 0 Å². The SMILES string of the molecule is COC(=O)c1cccc(CNc2ccnc3c(F)cc(F)cc23)c1. The van der Waals surface area contributed by atoms with Gasteiger partial charge in [0, 0.05) is 29.9 Å². The van der Waals surface area contributed by atoms with Crippen molar-refractivity contribution in [2.75, 3.05) is 12.4 Å². The van der Waals surface area contributed by atoms with Crippen molar-refractivity contribution in [2.24, 2.45) is 0 Å². The highest BCUT2D eigenvalue weighted by molar-refractivity contribution is 5.91. The summed E-state index contributed by atoms with van der Waals surface area (Å²) in [5.41, 5.74) is 1.93. The average molecular weight is 328 g/mol. The van der Waals surface area contributed by atoms with E-state index in [0.29, 0.717) is 23.2 Å². The first-order valence-electron chi connectivity index (χ1n) is 7.23. The summed E-state index contributed by atoms with van der Waals surface area (Å²) in [6, 6.07) is 10.6. The second-order valence-corrected chi connectivity index (χ2v) is 5.19. The number of hydrogen-bond donors (Lipinski definition) is 1. The molecule has 122 valence electrons. The molecule has 1 heterocycles. The number of nitrogens with one attached hydrogen (secondary N) is 1. The topological polar surface area (TPSA) is 51.2 Å². The van der Waals surface area contributed by atoms with Crippen LogP contribution in [0.5, 0.6) is 0 Å². The van der Waals surface area contributed by atoms with Gasteiger partial charge in [-0.25, -0.2) is 13.6 Å². The highest BCUT2D eigenvalue weighted by atomic mass is 19.1. The van der Waals surface area contributed by atoms with Gasteiger partial charge in [0.25, 0.3) is 0 Å². The predicted octanol–water partition coefficient (Wildman–Crippen LogP) is 3.91. The fourth-order valence-electron chi connectivity index (χ4n) is 2.46. The lowest BCUT2D eigenvalue weighted by molar-refractivity contribution is 0.0600. The molecule has 0 unspecified atom stereocenters. The summed E-state index contributed by atoms with van der Waals surface area (Å²) in [5.74, 6) is -1.79. The number of carbonyl (C=O) groups excluding carboxylic acids is 1. The van der Waals surface area contributed by atoms with Gasteiger partial charge >= 0.3 is 5.97 Å². The van der Waals surface area contributed by atoms with E-state index in [2.05, 4.69) is 15.0 Å². The fourth-order valence-corrected chi connectivity index (χ4v) is 2.46. The first-order chi connectivity index (χ1) is 11.6. The van der Waals surface area contributed by atoms with Crippen LogP contribution in [0.2, 0.25) is 0 Å². The molecule has 0 fully saturated rings. The minimum absolute atomic E-state index is 0.102. The number of esters is 1. The van der Waals surface area contributed by atoms with Crippen LogP contribution in [0.3, 0.4) is 0 Å². The molecule has 1 aromatic heterocycles. The smallest absolute Gasteiger partial charge is 0.337 e. The largest absolute Gasteiger partial charge is 0.465 e. The van der Waals surface area contributed by atoms with Crippen molar-refractivity contribution in [1.29, 1.82) is 0 Å². The number of methoxy groups -OCH3 is 1. The van der Waals surface area contributed by atoms with Gasteiger partial charge in [-0.05, 0) is 29.8 Å². The van der Waals surface area contributed by atoms with Crippen LogP contribution in [0.1, 0.15) is 15.9 Å². The maximum atomic E-state index is 13.8. The van der Waals surface area contributed by atoms with Crippen LogP contribution < -0.4 is 5.32 Å². The van der Waals surface area contributed by atoms with Crippen molar-refractivity contribution in [3.8, 4) is 0 Å². The Balaban J connectivity index is 1.88. The van der Waals surface area contributed by atoms with Crippen molar-refractivity contribution in [2.45, 2.75) is 6.54 Å². The molecule has 0 saturated heterocycles. The molecule has 0 spiro atoms. The summed E-state index contributed by atoms with van der Waals surface area (Å²) in [6.07, 6.45) is 1.45. The fraction of sp³-hybridized carbons (Fsp3) is 0.111. The van der Waals surface area contributed by atoms with E-state index in [1.807, 2.05) is 6.07 Å². The monoisotopic (exact) mass is 328 g/mol. The summed E-state index contributed by atoms with van der Waals surface area (Å²) in [6.45, 7) is 0.377. The first-order valence-corrected chi connectivity index (χ1v) is 7.23. The molecular formula is C18H14F2N2O2. The highest BCUT2D eigenvalue weighted by Gasteiger charge is 2.10. The minimum Gasteiger partial charge on any atom is -0.465 e. The van der Waals surface area contributed by atoms with E-state index < -0.39 is 17.6 Å². The Morgan fingerprint density at radius 2 is 2.04 bits per heavy atom. The third-order valence-corrected chi connectivity index (χ3v) is 3.59. The Morgan fingerprint density at radius 1 is 1.21 bits per heavy atom. The lowest BCUT2D eigenvalue weighted by atomic mass is 10.1. The molecule has 0 radical (unpaired) electrons. The van der Waals surface area contributed by atoms with Crippen LogP contribution in [-0.2, 0) is 11.3 Å². The van der Waals surface area contributed by atoms with Crippen molar-refractivity contribution in [3.63, 3.8) is 0 Å². The summed E-state index contributed by atoms with van der Waals surface area (Å²) in [5, 5.41) is 3.48. The number of halogens is 2. The Morgan fingerprint density at radius 3 is 2.83 bits per heavy atom. The summed E-state index contributed by atoms with van der Waals surface area (Å²) in [4.78, 5) is 15.5. The molecule has 0 aliphatic heterocycles. The number of ether oxygens (including phenoxy) is 1. The van der Waals surface area contributed by atoms with Gasteiger partial charge in [-0.2, -0.15) is 0 Å². The van der Waals surface area contributed by atoms with Crippen molar-refractivity contribution in [1.82, 2.24) is 4.98 Å². The Kier molecular flexibility index (Phi) is 4.37. The van der Waals surface area contributed by atoms with E-state index in [1.54, 1.807) is 24.3 Å². The molecule has 2 aromatic carbocycles. The zero-order valence-corrected chi connectivity index (χ0v) is 12.8. The summed E-state index contributed by atoms with van der Waals surface area (Å²) < 4.78 is 32.0. The van der Waals surface area contributed by atoms with E-state index in [-0.39, 0.29) is 5.52 Å². The van der Waals surface area contributed by atoms with Gasteiger partial charge in [-0.15, -0.1) is 0 Å². The molecule has 0 aliphatic rings. The standard InChI is InChI=1S/C18H14F2N2O2/c1-24-18(23)12-4-2-3-11(7-12)10-22-16-5-6-21-17-14(16)8-13(19)9-15(17)20/h2-9H,10H2,1H3,(H,21,22). The molecule has 0 bridgehead atoms. The minimum atomic E-state index is -0.707. The number of benzene rings is 2. The van der Waals surface area contributed by atoms with E-state index >= 15 is 0 Å². The number of nitrogens with zero attached hydrogens (tertiary/aromatic N) is 1. The molecule has 0 saturated carbocycles. The lowest BCUT2D eigenvalue weighted by Crippen LogP contribution is -2.05. The Hall–Kier alpha value is -3.02. The maximum absolute atomic E-state index is 13.8. The zero-order chi connectivity index (χ0) is 17.1. The van der Waals surface area contributed by atoms with E-state index in [9.17, 15) is 13.6 Å². The van der Waals surface area contributed by atoms with Crippen molar-refractivity contribution < 1.29 is 18.3 Å². The van der Waals surface area contributed by atoms with Gasteiger partial charge in [-0.3, -0.25) is 4.98 Å². The maximum Gasteiger partial charge on any atom is 0.337 e. The number of aromatic nitrogens is 1. The molecule has 0 aliphatic carbocycles. The molecule has 1 N–H and O–H groups in total. The first kappa shape index (κ1) is 15.9. The van der Waals surface area contributed by atoms with E-state index in [4.69, 9.17) is 0 Å². The second-order valence-electron chi connectivity index (χ2n) is 5.19. The van der Waals surface area contributed by atoms with Gasteiger partial charge in [0.1, 0.15) is 11.3 Å². The molecule has 4 nitrogen and oxygen atoms in total. The molecule has 0 amide bonds. The van der Waals surface area contributed by atoms with Crippen LogP contribution in [0.25, 0.3) is 10.9 Å². The second kappa shape index (κ2) is 6.62. The van der Waals surface area contributed by atoms with Crippen LogP contribution in [0, 0.1) is 11.6 Å². The number of anilines is 1. The predicted molar refractivity (Wildman–Crippen MR) is 86.8 cm³/mol. The van der Waals surface area contributed by atoms with Crippen LogP contribution in [0.15, 0.2) is 48.7 Å². The highest BCUT2D eigenvalue weighted by Crippen LogP contribution is 2.25. The zero-order valence-electron chi connectivity index (χ0n) is 12.8. The normalized spacial score (nSPS) is 10.6. The van der Waals surface area contributed by atoms with E-state index in [0.717, 1.165) is 11.6 Å². The lowest BCUT2D eigenvalue weighted by Gasteiger charge is -2.11. The molecule has 0 atom stereocenters. The van der Waals surface area contributed by atoms with Crippen molar-refractivity contribution in [3.05, 3.63) is 71.4 Å². The number of fused-ring (bicyclic) bond motifs is 1. The third kappa shape index (κ3) is 3.17. The molecule has 3 aromatic rings. The average Bonchev–Trinajstić information content (AvgIpc) is 2.59. The molecule has 3 rings (SSSR count). The Bertz CT molecular complexity index is 913. The van der Waals surface area contributed by atoms with Gasteiger partial charge < -0.3 is 10.1 Å². The summed E-state index contributed by atoms with van der Waals surface area (Å²) in [7, 11) is 1.32. The summed E-state index contributed by atoms with van der Waals surface area (Å²) >= 11 is 0. The van der Waals surface area contributed by atoms with E-state index in [1.165, 1.54) is 19.4 Å². The molecule has 6 heteroatoms.